The van der Waals surface area contributed by atoms with Gasteiger partial charge in [0.1, 0.15) is 6.20 Å². The largest absolute Gasteiger partial charge is 0.789 e. The molecule has 0 fully saturated rings. The van der Waals surface area contributed by atoms with E-state index in [-0.39, 0.29) is 4.50 Å². The maximum Gasteiger partial charge on any atom is 0.789 e. The minimum absolute atomic E-state index is 0.0780. The fourth-order valence-corrected chi connectivity index (χ4v) is 1.33. The summed E-state index contributed by atoms with van der Waals surface area (Å²) >= 11 is 0. The van der Waals surface area contributed by atoms with Crippen LogP contribution in [0.2, 0.25) is 0 Å². The van der Waals surface area contributed by atoms with Gasteiger partial charge in [-0.05, 0) is 34.6 Å². The average Bonchev–Trinajstić information content (AvgIpc) is 2.45. The maximum absolute atomic E-state index is 10.1. The van der Waals surface area contributed by atoms with Gasteiger partial charge in [0.15, 0.2) is 0 Å². The summed E-state index contributed by atoms with van der Waals surface area (Å²) in [6.45, 7) is 8.67. The van der Waals surface area contributed by atoms with E-state index in [0.717, 1.165) is 5.57 Å². The van der Waals surface area contributed by atoms with Crippen LogP contribution in [-0.2, 0) is 4.65 Å². The van der Waals surface area contributed by atoms with Crippen LogP contribution in [0.1, 0.15) is 34.6 Å². The third-order valence-corrected chi connectivity index (χ3v) is 3.30. The van der Waals surface area contributed by atoms with Crippen molar-refractivity contribution in [3.05, 3.63) is 11.8 Å². The third-order valence-electron chi connectivity index (χ3n) is 3.30. The second-order valence-electron chi connectivity index (χ2n) is 5.73. The summed E-state index contributed by atoms with van der Waals surface area (Å²) in [6.07, 6.45) is 3.48. The lowest BCUT2D eigenvalue weighted by Gasteiger charge is -2.38. The Kier molecular flexibility index (Phi) is 3.56. The van der Waals surface area contributed by atoms with Crippen LogP contribution in [0, 0.1) is 0 Å². The van der Waals surface area contributed by atoms with Gasteiger partial charge in [0.05, 0.1) is 24.5 Å². The molecule has 0 saturated heterocycles. The van der Waals surface area contributed by atoms with Gasteiger partial charge in [-0.25, -0.2) is 0 Å². The third kappa shape index (κ3) is 2.95. The van der Waals surface area contributed by atoms with Crippen LogP contribution in [0.4, 0.5) is 0 Å². The number of aliphatic hydroxyl groups is 1. The highest BCUT2D eigenvalue weighted by atomic mass is 16.6. The van der Waals surface area contributed by atoms with Crippen molar-refractivity contribution < 1.29 is 19.3 Å². The number of nitrogens with zero attached hydrogens (tertiary/aromatic N) is 2. The SMILES string of the molecule is CC1=C[N+](C)(B(O)OC(C)(C)C(C)(C)O)N=C1. The van der Waals surface area contributed by atoms with Crippen molar-refractivity contribution in [3.63, 3.8) is 0 Å². The molecule has 1 atom stereocenters. The van der Waals surface area contributed by atoms with E-state index >= 15 is 0 Å². The molecule has 0 aromatic rings. The minimum Gasteiger partial charge on any atom is -0.388 e. The molecule has 6 heteroatoms. The molecule has 0 aromatic heterocycles. The minimum atomic E-state index is -1.15. The monoisotopic (exact) mass is 241 g/mol. The smallest absolute Gasteiger partial charge is 0.388 e. The molecule has 5 nitrogen and oxygen atoms in total. The van der Waals surface area contributed by atoms with Crippen LogP contribution >= 0.6 is 0 Å². The van der Waals surface area contributed by atoms with Gasteiger partial charge in [-0.15, -0.1) is 5.10 Å². The predicted molar refractivity (Wildman–Crippen MR) is 67.9 cm³/mol. The molecule has 0 amide bonds. The Bertz CT molecular complexity index is 360. The lowest BCUT2D eigenvalue weighted by Crippen LogP contribution is -2.57. The Morgan fingerprint density at radius 3 is 2.24 bits per heavy atom. The van der Waals surface area contributed by atoms with Crippen LogP contribution in [0.3, 0.4) is 0 Å². The van der Waals surface area contributed by atoms with Crippen LogP contribution in [0.5, 0.6) is 0 Å². The van der Waals surface area contributed by atoms with Gasteiger partial charge >= 0.3 is 7.25 Å². The van der Waals surface area contributed by atoms with E-state index in [1.165, 1.54) is 0 Å². The zero-order valence-corrected chi connectivity index (χ0v) is 11.4. The van der Waals surface area contributed by atoms with E-state index in [0.29, 0.717) is 0 Å². The van der Waals surface area contributed by atoms with Gasteiger partial charge in [-0.2, -0.15) is 4.50 Å². The molecule has 17 heavy (non-hydrogen) atoms. The van der Waals surface area contributed by atoms with Crippen molar-refractivity contribution in [2.45, 2.75) is 45.8 Å². The van der Waals surface area contributed by atoms with Crippen molar-refractivity contribution in [2.24, 2.45) is 5.10 Å². The van der Waals surface area contributed by atoms with Crippen LogP contribution < -0.4 is 0 Å². The average molecular weight is 241 g/mol. The molecule has 0 bridgehead atoms. The second kappa shape index (κ2) is 4.21. The summed E-state index contributed by atoms with van der Waals surface area (Å²) in [6, 6.07) is 0. The van der Waals surface area contributed by atoms with E-state index in [4.69, 9.17) is 4.65 Å². The summed E-state index contributed by atoms with van der Waals surface area (Å²) in [5.74, 6) is 0. The van der Waals surface area contributed by atoms with Crippen molar-refractivity contribution >= 4 is 13.5 Å². The highest BCUT2D eigenvalue weighted by molar-refractivity contribution is 6.34. The van der Waals surface area contributed by atoms with Crippen molar-refractivity contribution in [1.29, 1.82) is 0 Å². The molecular weight excluding hydrogens is 219 g/mol. The molecule has 0 radical (unpaired) electrons. The molecule has 1 unspecified atom stereocenters. The Hall–Kier alpha value is -0.685. The zero-order valence-electron chi connectivity index (χ0n) is 11.4. The first-order valence-electron chi connectivity index (χ1n) is 5.67. The molecule has 0 aromatic carbocycles. The van der Waals surface area contributed by atoms with Gasteiger partial charge in [0.2, 0.25) is 0 Å². The summed E-state index contributed by atoms with van der Waals surface area (Å²) in [5, 5.41) is 24.3. The molecule has 0 aliphatic carbocycles. The summed E-state index contributed by atoms with van der Waals surface area (Å²) in [7, 11) is 0.586. The molecular formula is C11H22BN2O3+. The normalized spacial score (nSPS) is 25.1. The summed E-state index contributed by atoms with van der Waals surface area (Å²) in [4.78, 5) is 0. The van der Waals surface area contributed by atoms with Crippen LogP contribution in [0.25, 0.3) is 0 Å². The van der Waals surface area contributed by atoms with E-state index in [1.54, 1.807) is 47.2 Å². The quantitative estimate of drug-likeness (QED) is 0.718. The van der Waals surface area contributed by atoms with Gasteiger partial charge in [0.25, 0.3) is 0 Å². The topological polar surface area (TPSA) is 62.0 Å². The van der Waals surface area contributed by atoms with Crippen molar-refractivity contribution in [1.82, 2.24) is 0 Å². The Morgan fingerprint density at radius 2 is 1.88 bits per heavy atom. The maximum atomic E-state index is 10.1. The zero-order chi connectivity index (χ0) is 13.5. The standard InChI is InChI=1S/C11H22BN2O3/c1-9-7-13-14(6,8-9)12(16)17-11(4,5)10(2,3)15/h7-8,15-16H,1-6H3/q+1. The fourth-order valence-electron chi connectivity index (χ4n) is 1.33. The highest BCUT2D eigenvalue weighted by Crippen LogP contribution is 2.28. The van der Waals surface area contributed by atoms with Gasteiger partial charge < -0.3 is 14.8 Å². The second-order valence-corrected chi connectivity index (χ2v) is 5.73. The number of hydrogen-bond donors (Lipinski definition) is 2. The van der Waals surface area contributed by atoms with E-state index in [2.05, 4.69) is 5.10 Å². The number of hydrogen-bond acceptors (Lipinski definition) is 4. The van der Waals surface area contributed by atoms with Gasteiger partial charge in [0, 0.05) is 5.57 Å². The van der Waals surface area contributed by atoms with Crippen molar-refractivity contribution in [2.75, 3.05) is 7.05 Å². The first kappa shape index (κ1) is 14.4. The first-order valence-corrected chi connectivity index (χ1v) is 5.67. The molecule has 0 spiro atoms. The summed E-state index contributed by atoms with van der Waals surface area (Å²) in [5.41, 5.74) is -0.973. The van der Waals surface area contributed by atoms with E-state index < -0.39 is 18.5 Å². The van der Waals surface area contributed by atoms with Crippen molar-refractivity contribution in [3.8, 4) is 0 Å². The Morgan fingerprint density at radius 1 is 1.35 bits per heavy atom. The van der Waals surface area contributed by atoms with Crippen LogP contribution in [0.15, 0.2) is 16.9 Å². The van der Waals surface area contributed by atoms with E-state index in [1.807, 2.05) is 6.92 Å². The Balaban J connectivity index is 2.81. The molecule has 1 rings (SSSR count). The number of quaternary nitrogens is 1. The van der Waals surface area contributed by atoms with E-state index in [9.17, 15) is 10.1 Å². The first-order chi connectivity index (χ1) is 7.48. The lowest BCUT2D eigenvalue weighted by molar-refractivity contribution is -0.773. The predicted octanol–water partition coefficient (Wildman–Crippen LogP) is 0.879. The molecule has 2 N–H and O–H groups in total. The molecule has 96 valence electrons. The highest BCUT2D eigenvalue weighted by Gasteiger charge is 2.51. The molecule has 0 saturated carbocycles. The number of rotatable bonds is 4. The van der Waals surface area contributed by atoms with Gasteiger partial charge in [-0.3, -0.25) is 0 Å². The fraction of sp³-hybridized carbons (Fsp3) is 0.727. The molecule has 1 aliphatic heterocycles. The molecule has 1 heterocycles. The molecule has 1 aliphatic rings. The lowest BCUT2D eigenvalue weighted by atomic mass is 9.87. The van der Waals surface area contributed by atoms with Gasteiger partial charge in [-0.1, -0.05) is 0 Å². The number of allylic oxidation sites excluding steroid dienone is 1. The van der Waals surface area contributed by atoms with Crippen LogP contribution in [-0.4, -0.2) is 46.4 Å². The Labute approximate surface area is 103 Å². The summed E-state index contributed by atoms with van der Waals surface area (Å²) < 4.78 is 5.48.